The van der Waals surface area contributed by atoms with Crippen LogP contribution >= 0.6 is 0 Å². The maximum atomic E-state index is 11.0. The lowest BCUT2D eigenvalue weighted by molar-refractivity contribution is 0.0692. The van der Waals surface area contributed by atoms with Crippen LogP contribution < -0.4 is 4.74 Å². The van der Waals surface area contributed by atoms with E-state index in [1.807, 2.05) is 27.1 Å². The van der Waals surface area contributed by atoms with Gasteiger partial charge in [0.2, 0.25) is 0 Å². The summed E-state index contributed by atoms with van der Waals surface area (Å²) in [5.41, 5.74) is 1.15. The number of rotatable bonds is 6. The fourth-order valence-electron chi connectivity index (χ4n) is 1.50. The van der Waals surface area contributed by atoms with Crippen LogP contribution in [0, 0.1) is 6.92 Å². The minimum Gasteiger partial charge on any atom is -0.493 e. The number of aryl methyl sites for hydroxylation is 1. The average molecular weight is 237 g/mol. The Balaban J connectivity index is 2.61. The molecular formula is C13H19NO3. The van der Waals surface area contributed by atoms with Crippen molar-refractivity contribution in [2.75, 3.05) is 27.2 Å². The fourth-order valence-corrected chi connectivity index (χ4v) is 1.50. The number of benzene rings is 1. The van der Waals surface area contributed by atoms with Gasteiger partial charge in [-0.25, -0.2) is 4.79 Å². The highest BCUT2D eigenvalue weighted by Gasteiger charge is 2.11. The molecule has 1 aromatic carbocycles. The number of carbonyl (C=O) groups is 1. The van der Waals surface area contributed by atoms with Gasteiger partial charge in [0.1, 0.15) is 11.3 Å². The van der Waals surface area contributed by atoms with Crippen molar-refractivity contribution in [3.8, 4) is 5.75 Å². The maximum absolute atomic E-state index is 11.0. The van der Waals surface area contributed by atoms with Crippen LogP contribution in [0.1, 0.15) is 22.3 Å². The van der Waals surface area contributed by atoms with Crippen molar-refractivity contribution >= 4 is 5.97 Å². The van der Waals surface area contributed by atoms with E-state index >= 15 is 0 Å². The topological polar surface area (TPSA) is 49.8 Å². The highest BCUT2D eigenvalue weighted by atomic mass is 16.5. The zero-order valence-electron chi connectivity index (χ0n) is 10.6. The van der Waals surface area contributed by atoms with Crippen LogP contribution in [-0.4, -0.2) is 43.2 Å². The van der Waals surface area contributed by atoms with Crippen LogP contribution in [0.2, 0.25) is 0 Å². The van der Waals surface area contributed by atoms with Crippen molar-refractivity contribution in [3.05, 3.63) is 29.3 Å². The van der Waals surface area contributed by atoms with Gasteiger partial charge in [-0.1, -0.05) is 11.6 Å². The second-order valence-corrected chi connectivity index (χ2v) is 4.31. The van der Waals surface area contributed by atoms with Crippen LogP contribution in [0.15, 0.2) is 18.2 Å². The lowest BCUT2D eigenvalue weighted by atomic mass is 10.1. The molecule has 1 aromatic rings. The number of aromatic carboxylic acids is 1. The minimum absolute atomic E-state index is 0.231. The molecule has 4 heteroatoms. The number of carboxylic acid groups (broad SMARTS) is 1. The van der Waals surface area contributed by atoms with Crippen molar-refractivity contribution in [1.82, 2.24) is 4.90 Å². The van der Waals surface area contributed by atoms with E-state index in [4.69, 9.17) is 9.84 Å². The molecule has 1 N–H and O–H groups in total. The smallest absolute Gasteiger partial charge is 0.339 e. The van der Waals surface area contributed by atoms with Gasteiger partial charge >= 0.3 is 5.97 Å². The third kappa shape index (κ3) is 4.44. The normalized spacial score (nSPS) is 10.6. The molecule has 0 spiro atoms. The molecule has 0 aromatic heterocycles. The number of nitrogens with zero attached hydrogens (tertiary/aromatic N) is 1. The molecule has 0 heterocycles. The Labute approximate surface area is 102 Å². The summed E-state index contributed by atoms with van der Waals surface area (Å²) in [6.45, 7) is 3.32. The molecule has 0 unspecified atom stereocenters. The van der Waals surface area contributed by atoms with E-state index in [0.29, 0.717) is 12.4 Å². The van der Waals surface area contributed by atoms with E-state index in [0.717, 1.165) is 18.5 Å². The van der Waals surface area contributed by atoms with Crippen molar-refractivity contribution in [3.63, 3.8) is 0 Å². The molecule has 0 atom stereocenters. The third-order valence-electron chi connectivity index (χ3n) is 2.37. The Kier molecular flexibility index (Phi) is 4.97. The second kappa shape index (κ2) is 6.25. The molecule has 17 heavy (non-hydrogen) atoms. The highest BCUT2D eigenvalue weighted by molar-refractivity contribution is 5.91. The van der Waals surface area contributed by atoms with Crippen molar-refractivity contribution in [1.29, 1.82) is 0 Å². The van der Waals surface area contributed by atoms with Crippen LogP contribution in [0.3, 0.4) is 0 Å². The summed E-state index contributed by atoms with van der Waals surface area (Å²) in [7, 11) is 3.99. The molecule has 0 aliphatic heterocycles. The van der Waals surface area contributed by atoms with Gasteiger partial charge in [0.15, 0.2) is 0 Å². The fraction of sp³-hybridized carbons (Fsp3) is 0.462. The molecule has 0 saturated heterocycles. The number of carboxylic acids is 1. The molecule has 0 bridgehead atoms. The zero-order chi connectivity index (χ0) is 12.8. The average Bonchev–Trinajstić information content (AvgIpc) is 2.25. The van der Waals surface area contributed by atoms with E-state index in [2.05, 4.69) is 4.90 Å². The van der Waals surface area contributed by atoms with E-state index in [9.17, 15) is 4.79 Å². The van der Waals surface area contributed by atoms with Gasteiger partial charge in [0.25, 0.3) is 0 Å². The van der Waals surface area contributed by atoms with Gasteiger partial charge in [-0.3, -0.25) is 0 Å². The van der Waals surface area contributed by atoms with E-state index in [1.54, 1.807) is 12.1 Å². The largest absolute Gasteiger partial charge is 0.493 e. The zero-order valence-corrected chi connectivity index (χ0v) is 10.6. The summed E-state index contributed by atoms with van der Waals surface area (Å²) in [5, 5.41) is 9.05. The second-order valence-electron chi connectivity index (χ2n) is 4.31. The molecule has 0 radical (unpaired) electrons. The molecule has 0 saturated carbocycles. The molecule has 0 aliphatic rings. The summed E-state index contributed by atoms with van der Waals surface area (Å²) in [6.07, 6.45) is 0.875. The summed E-state index contributed by atoms with van der Waals surface area (Å²) in [5.74, 6) is -0.502. The number of hydrogen-bond donors (Lipinski definition) is 1. The lowest BCUT2D eigenvalue weighted by Crippen LogP contribution is -2.16. The maximum Gasteiger partial charge on any atom is 0.339 e. The molecule has 1 rings (SSSR count). The van der Waals surface area contributed by atoms with Crippen molar-refractivity contribution in [2.45, 2.75) is 13.3 Å². The predicted octanol–water partition coefficient (Wildman–Crippen LogP) is 2.02. The van der Waals surface area contributed by atoms with Crippen molar-refractivity contribution < 1.29 is 14.6 Å². The Bertz CT molecular complexity index is 388. The van der Waals surface area contributed by atoms with Crippen molar-refractivity contribution in [2.24, 2.45) is 0 Å². The van der Waals surface area contributed by atoms with Gasteiger partial charge in [0, 0.05) is 6.54 Å². The van der Waals surface area contributed by atoms with Gasteiger partial charge in [-0.05, 0) is 39.6 Å². The van der Waals surface area contributed by atoms with Crippen LogP contribution in [0.25, 0.3) is 0 Å². The molecule has 94 valence electrons. The first-order valence-electron chi connectivity index (χ1n) is 5.62. The van der Waals surface area contributed by atoms with E-state index < -0.39 is 5.97 Å². The van der Waals surface area contributed by atoms with Gasteiger partial charge < -0.3 is 14.7 Å². The summed E-state index contributed by atoms with van der Waals surface area (Å²) in [6, 6.07) is 5.20. The van der Waals surface area contributed by atoms with Gasteiger partial charge in [-0.2, -0.15) is 0 Å². The lowest BCUT2D eigenvalue weighted by Gasteiger charge is -2.12. The Morgan fingerprint density at radius 1 is 1.41 bits per heavy atom. The highest BCUT2D eigenvalue weighted by Crippen LogP contribution is 2.20. The SMILES string of the molecule is Cc1ccc(OCCCN(C)C)c(C(=O)O)c1. The quantitative estimate of drug-likeness (QED) is 0.769. The summed E-state index contributed by atoms with van der Waals surface area (Å²) >= 11 is 0. The van der Waals surface area contributed by atoms with Gasteiger partial charge in [0.05, 0.1) is 6.61 Å². The van der Waals surface area contributed by atoms with Crippen LogP contribution in [-0.2, 0) is 0 Å². The standard InChI is InChI=1S/C13H19NO3/c1-10-5-6-12(11(9-10)13(15)16)17-8-4-7-14(2)3/h5-6,9H,4,7-8H2,1-3H3,(H,15,16). The number of hydrogen-bond acceptors (Lipinski definition) is 3. The molecule has 0 amide bonds. The Morgan fingerprint density at radius 2 is 2.12 bits per heavy atom. The van der Waals surface area contributed by atoms with E-state index in [1.165, 1.54) is 0 Å². The Hall–Kier alpha value is -1.55. The predicted molar refractivity (Wildman–Crippen MR) is 66.8 cm³/mol. The minimum atomic E-state index is -0.948. The first-order chi connectivity index (χ1) is 8.00. The van der Waals surface area contributed by atoms with Gasteiger partial charge in [-0.15, -0.1) is 0 Å². The Morgan fingerprint density at radius 3 is 2.71 bits per heavy atom. The first-order valence-corrected chi connectivity index (χ1v) is 5.62. The molecular weight excluding hydrogens is 218 g/mol. The monoisotopic (exact) mass is 237 g/mol. The molecule has 0 fully saturated rings. The van der Waals surface area contributed by atoms with Crippen LogP contribution in [0.4, 0.5) is 0 Å². The summed E-state index contributed by atoms with van der Waals surface area (Å²) in [4.78, 5) is 13.1. The van der Waals surface area contributed by atoms with E-state index in [-0.39, 0.29) is 5.56 Å². The third-order valence-corrected chi connectivity index (χ3v) is 2.37. The molecule has 4 nitrogen and oxygen atoms in total. The number of ether oxygens (including phenoxy) is 1. The first kappa shape index (κ1) is 13.5. The summed E-state index contributed by atoms with van der Waals surface area (Å²) < 4.78 is 5.50. The van der Waals surface area contributed by atoms with Crippen LogP contribution in [0.5, 0.6) is 5.75 Å². The molecule has 0 aliphatic carbocycles.